The molecule has 1 aliphatic rings. The highest BCUT2D eigenvalue weighted by atomic mass is 32.1. The number of likely N-dealkylation sites (tertiary alicyclic amines) is 1. The first kappa shape index (κ1) is 43.2. The molecule has 1 aliphatic heterocycles. The Labute approximate surface area is 295 Å². The van der Waals surface area contributed by atoms with Crippen molar-refractivity contribution in [2.24, 2.45) is 27.9 Å². The van der Waals surface area contributed by atoms with E-state index in [1.54, 1.807) is 0 Å². The predicted molar refractivity (Wildman–Crippen MR) is 185 cm³/mol. The van der Waals surface area contributed by atoms with Gasteiger partial charge < -0.3 is 59.3 Å². The average molecular weight is 735 g/mol. The highest BCUT2D eigenvalue weighted by molar-refractivity contribution is 7.80. The van der Waals surface area contributed by atoms with Gasteiger partial charge in [-0.1, -0.05) is 6.42 Å². The molecule has 1 fully saturated rings. The number of aliphatic imine (C=N–C) groups is 1. The van der Waals surface area contributed by atoms with Gasteiger partial charge >= 0.3 is 11.9 Å². The van der Waals surface area contributed by atoms with E-state index >= 15 is 0 Å². The van der Waals surface area contributed by atoms with Crippen LogP contribution in [0.15, 0.2) is 4.99 Å². The number of nitrogens with two attached hydrogens (primary N) is 4. The summed E-state index contributed by atoms with van der Waals surface area (Å²) >= 11 is 8.26. The van der Waals surface area contributed by atoms with Crippen molar-refractivity contribution in [3.63, 3.8) is 0 Å². The van der Waals surface area contributed by atoms with Crippen molar-refractivity contribution in [2.45, 2.75) is 94.0 Å². The number of hydrogen-bond acceptors (Lipinski definition) is 12. The van der Waals surface area contributed by atoms with E-state index in [9.17, 15) is 38.7 Å². The van der Waals surface area contributed by atoms with Gasteiger partial charge in [0.25, 0.3) is 0 Å². The molecule has 1 rings (SSSR count). The number of hydrogen-bond donors (Lipinski definition) is 12. The van der Waals surface area contributed by atoms with Crippen LogP contribution in [0, 0.1) is 0 Å². The first-order chi connectivity index (χ1) is 23.2. The van der Waals surface area contributed by atoms with Crippen molar-refractivity contribution in [1.82, 2.24) is 26.2 Å². The van der Waals surface area contributed by atoms with Crippen molar-refractivity contribution in [3.05, 3.63) is 0 Å². The fraction of sp³-hybridized carbons (Fsp3) is 0.714. The number of rotatable bonds is 23. The molecule has 19 nitrogen and oxygen atoms in total. The highest BCUT2D eigenvalue weighted by Crippen LogP contribution is 2.19. The van der Waals surface area contributed by atoms with Gasteiger partial charge in [-0.25, -0.2) is 4.79 Å². The van der Waals surface area contributed by atoms with Crippen LogP contribution in [0.3, 0.4) is 0 Å². The molecule has 1 saturated heterocycles. The van der Waals surface area contributed by atoms with Crippen LogP contribution in [-0.2, 0) is 33.6 Å². The Morgan fingerprint density at radius 3 is 1.92 bits per heavy atom. The van der Waals surface area contributed by atoms with Gasteiger partial charge in [0.15, 0.2) is 5.96 Å². The third kappa shape index (κ3) is 15.5. The number of carboxylic acid groups (broad SMARTS) is 2. The van der Waals surface area contributed by atoms with Gasteiger partial charge in [0, 0.05) is 31.0 Å². The molecule has 0 radical (unpaired) electrons. The number of carbonyl (C=O) groups excluding carboxylic acids is 5. The first-order valence-electron chi connectivity index (χ1n) is 15.9. The molecule has 6 atom stereocenters. The van der Waals surface area contributed by atoms with Gasteiger partial charge in [0.05, 0.1) is 6.04 Å². The molecule has 0 saturated carbocycles. The Hall–Kier alpha value is -3.82. The maximum Gasteiger partial charge on any atom is 0.326 e. The monoisotopic (exact) mass is 734 g/mol. The third-order valence-electron chi connectivity index (χ3n) is 7.60. The van der Waals surface area contributed by atoms with Crippen molar-refractivity contribution in [2.75, 3.05) is 31.1 Å². The lowest BCUT2D eigenvalue weighted by molar-refractivity contribution is -0.143. The van der Waals surface area contributed by atoms with Crippen LogP contribution in [0.2, 0.25) is 0 Å². The van der Waals surface area contributed by atoms with Crippen LogP contribution in [0.25, 0.3) is 0 Å². The number of thiol groups is 2. The van der Waals surface area contributed by atoms with Gasteiger partial charge in [-0.05, 0) is 51.5 Å². The molecule has 14 N–H and O–H groups in total. The molecular weight excluding hydrogens is 685 g/mol. The summed E-state index contributed by atoms with van der Waals surface area (Å²) < 4.78 is 0. The van der Waals surface area contributed by atoms with Gasteiger partial charge in [0.2, 0.25) is 29.5 Å². The summed E-state index contributed by atoms with van der Waals surface area (Å²) in [5, 5.41) is 28.3. The first-order valence-corrected chi connectivity index (χ1v) is 17.1. The summed E-state index contributed by atoms with van der Waals surface area (Å²) in [6.45, 7) is 0.887. The summed E-state index contributed by atoms with van der Waals surface area (Å²) in [6.07, 6.45) is 1.86. The Balaban J connectivity index is 2.93. The van der Waals surface area contributed by atoms with Crippen LogP contribution in [-0.4, -0.2) is 130 Å². The molecule has 49 heavy (non-hydrogen) atoms. The lowest BCUT2D eigenvalue weighted by atomic mass is 10.1. The number of nitrogens with one attached hydrogen (secondary N) is 4. The molecule has 0 aromatic carbocycles. The molecule has 21 heteroatoms. The number of unbranched alkanes of at least 4 members (excludes halogenated alkanes) is 1. The number of carboxylic acids is 2. The Morgan fingerprint density at radius 2 is 1.37 bits per heavy atom. The highest BCUT2D eigenvalue weighted by Gasteiger charge is 2.38. The van der Waals surface area contributed by atoms with Crippen molar-refractivity contribution in [1.29, 1.82) is 0 Å². The van der Waals surface area contributed by atoms with Gasteiger partial charge in [-0.15, -0.1) is 0 Å². The van der Waals surface area contributed by atoms with Crippen LogP contribution in [0.1, 0.15) is 57.8 Å². The van der Waals surface area contributed by atoms with Gasteiger partial charge in [0.1, 0.15) is 30.2 Å². The van der Waals surface area contributed by atoms with E-state index in [4.69, 9.17) is 28.0 Å². The standard InChI is InChI=1S/C28H50N10O9S2/c29-10-2-1-5-15(30)26(45)38-12-4-7-20(38)25(44)37-19(14-49)24(43)36-18(13-48)23(42)34-16(8-9-21(39)40)22(41)35-17(27(46)47)6-3-11-33-28(31)32/h15-20,48-49H,1-14,29-30H2,(H,34,42)(H,35,41)(H,36,43)(H,37,44)(H,39,40)(H,46,47)(H4,31,32,33)/t15-,16-,17-,18-,19-,20-/m0/s1. The van der Waals surface area contributed by atoms with Crippen molar-refractivity contribution in [3.8, 4) is 0 Å². The molecular formula is C28H50N10O9S2. The molecule has 0 aliphatic carbocycles. The molecule has 1 heterocycles. The van der Waals surface area contributed by atoms with Crippen LogP contribution < -0.4 is 44.2 Å². The number of carbonyl (C=O) groups is 7. The zero-order valence-corrected chi connectivity index (χ0v) is 29.0. The Morgan fingerprint density at radius 1 is 0.796 bits per heavy atom. The number of nitrogens with zero attached hydrogens (tertiary/aromatic N) is 2. The fourth-order valence-electron chi connectivity index (χ4n) is 4.92. The van der Waals surface area contributed by atoms with E-state index in [1.165, 1.54) is 4.90 Å². The minimum atomic E-state index is -1.49. The maximum atomic E-state index is 13.2. The second-order valence-electron chi connectivity index (χ2n) is 11.4. The van der Waals surface area contributed by atoms with E-state index in [-0.39, 0.29) is 42.8 Å². The third-order valence-corrected chi connectivity index (χ3v) is 8.33. The summed E-state index contributed by atoms with van der Waals surface area (Å²) in [6, 6.07) is -7.14. The average Bonchev–Trinajstić information content (AvgIpc) is 3.55. The molecule has 0 aromatic rings. The van der Waals surface area contributed by atoms with Crippen LogP contribution in [0.4, 0.5) is 0 Å². The number of guanidine groups is 1. The fourth-order valence-corrected chi connectivity index (χ4v) is 5.43. The lowest BCUT2D eigenvalue weighted by Gasteiger charge is -2.28. The van der Waals surface area contributed by atoms with E-state index in [0.29, 0.717) is 45.2 Å². The molecule has 5 amide bonds. The van der Waals surface area contributed by atoms with Gasteiger partial charge in [-0.3, -0.25) is 33.8 Å². The van der Waals surface area contributed by atoms with Gasteiger partial charge in [-0.2, -0.15) is 25.3 Å². The molecule has 0 bridgehead atoms. The molecule has 0 spiro atoms. The smallest absolute Gasteiger partial charge is 0.326 e. The number of aliphatic carboxylic acids is 2. The summed E-state index contributed by atoms with van der Waals surface area (Å²) in [5.74, 6) is -6.98. The second-order valence-corrected chi connectivity index (χ2v) is 12.1. The van der Waals surface area contributed by atoms with E-state index < -0.39 is 84.7 Å². The zero-order valence-electron chi connectivity index (χ0n) is 27.2. The molecule has 278 valence electrons. The topological polar surface area (TPSA) is 328 Å². The maximum absolute atomic E-state index is 13.2. The summed E-state index contributed by atoms with van der Waals surface area (Å²) in [4.78, 5) is 93.5. The van der Waals surface area contributed by atoms with Crippen LogP contribution >= 0.6 is 25.3 Å². The quantitative estimate of drug-likeness (QED) is 0.0208. The minimum absolute atomic E-state index is 0.0714. The van der Waals surface area contributed by atoms with Crippen LogP contribution in [0.5, 0.6) is 0 Å². The molecule has 0 aromatic heterocycles. The Kier molecular flexibility index (Phi) is 20.1. The van der Waals surface area contributed by atoms with Crippen molar-refractivity contribution >= 4 is 72.7 Å². The largest absolute Gasteiger partial charge is 0.481 e. The zero-order chi connectivity index (χ0) is 37.1. The summed E-state index contributed by atoms with van der Waals surface area (Å²) in [7, 11) is 0. The Bertz CT molecular complexity index is 1190. The minimum Gasteiger partial charge on any atom is -0.481 e. The summed E-state index contributed by atoms with van der Waals surface area (Å²) in [5.41, 5.74) is 22.1. The van der Waals surface area contributed by atoms with Crippen molar-refractivity contribution < 1.29 is 43.8 Å². The predicted octanol–water partition coefficient (Wildman–Crippen LogP) is -3.76. The van der Waals surface area contributed by atoms with E-state index in [2.05, 4.69) is 51.5 Å². The van der Waals surface area contributed by atoms with E-state index in [1.807, 2.05) is 0 Å². The normalized spacial score (nSPS) is 17.1. The number of amides is 5. The second kappa shape index (κ2) is 22.7. The molecule has 0 unspecified atom stereocenters. The SMILES string of the molecule is NCCCC[C@H](N)C(=O)N1CCC[C@H]1C(=O)N[C@@H](CS)C(=O)N[C@@H](CS)C(=O)N[C@@H](CCC(=O)O)C(=O)N[C@@H](CCCN=C(N)N)C(=O)O. The van der Waals surface area contributed by atoms with E-state index in [0.717, 1.165) is 0 Å². The lowest BCUT2D eigenvalue weighted by Crippen LogP contribution is -2.60.